The highest BCUT2D eigenvalue weighted by molar-refractivity contribution is 5.25. The summed E-state index contributed by atoms with van der Waals surface area (Å²) in [5.41, 5.74) is 1.90. The summed E-state index contributed by atoms with van der Waals surface area (Å²) in [4.78, 5) is 8.18. The highest BCUT2D eigenvalue weighted by atomic mass is 16.5. The molecule has 1 atom stereocenters. The fourth-order valence-corrected chi connectivity index (χ4v) is 1.97. The molecular weight excluding hydrogens is 252 g/mol. The van der Waals surface area contributed by atoms with Crippen LogP contribution in [-0.4, -0.2) is 21.2 Å². The summed E-state index contributed by atoms with van der Waals surface area (Å²) in [5.74, 6) is 0.693. The smallest absolute Gasteiger partial charge is 0.138 e. The second-order valence-corrected chi connectivity index (χ2v) is 5.04. The van der Waals surface area contributed by atoms with Crippen molar-refractivity contribution in [3.63, 3.8) is 0 Å². The molecule has 106 valence electrons. The maximum atomic E-state index is 10.2. The van der Waals surface area contributed by atoms with Crippen molar-refractivity contribution in [1.29, 1.82) is 0 Å². The molecule has 4 nitrogen and oxygen atoms in total. The van der Waals surface area contributed by atoms with Gasteiger partial charge < -0.3 is 9.84 Å². The number of aromatic nitrogens is 2. The molecule has 2 aromatic heterocycles. The molecule has 0 saturated carbocycles. The summed E-state index contributed by atoms with van der Waals surface area (Å²) >= 11 is 0. The maximum Gasteiger partial charge on any atom is 0.138 e. The Labute approximate surface area is 119 Å². The molecule has 0 amide bonds. The molecule has 0 saturated heterocycles. The number of nitrogens with zero attached hydrogens (tertiary/aromatic N) is 2. The third kappa shape index (κ3) is 4.31. The molecule has 1 N–H and O–H groups in total. The Hall–Kier alpha value is -1.94. The van der Waals surface area contributed by atoms with Crippen LogP contribution in [0.15, 0.2) is 43.0 Å². The van der Waals surface area contributed by atoms with Gasteiger partial charge in [0.2, 0.25) is 0 Å². The lowest BCUT2D eigenvalue weighted by atomic mass is 10.0. The minimum absolute atomic E-state index is 0.0968. The topological polar surface area (TPSA) is 55.2 Å². The van der Waals surface area contributed by atoms with Crippen molar-refractivity contribution in [2.75, 3.05) is 0 Å². The molecular formula is C16H20N2O2. The van der Waals surface area contributed by atoms with Gasteiger partial charge in [0.25, 0.3) is 0 Å². The monoisotopic (exact) mass is 272 g/mol. The van der Waals surface area contributed by atoms with Gasteiger partial charge in [0.05, 0.1) is 18.4 Å². The summed E-state index contributed by atoms with van der Waals surface area (Å²) in [5, 5.41) is 10.2. The van der Waals surface area contributed by atoms with Gasteiger partial charge in [-0.3, -0.25) is 9.97 Å². The molecule has 0 aliphatic heterocycles. The van der Waals surface area contributed by atoms with E-state index in [4.69, 9.17) is 4.74 Å². The number of rotatable bonds is 6. The second kappa shape index (κ2) is 7.01. The molecule has 20 heavy (non-hydrogen) atoms. The minimum atomic E-state index is -0.543. The van der Waals surface area contributed by atoms with E-state index in [2.05, 4.69) is 9.97 Å². The van der Waals surface area contributed by atoms with Crippen molar-refractivity contribution >= 4 is 0 Å². The van der Waals surface area contributed by atoms with E-state index in [0.29, 0.717) is 12.2 Å². The van der Waals surface area contributed by atoms with E-state index in [9.17, 15) is 5.11 Å². The quantitative estimate of drug-likeness (QED) is 0.878. The standard InChI is InChI=1S/C16H20N2O2/c1-12(2)20-15-8-14(10-18-11-15)16(19)6-5-13-4-3-7-17-9-13/h3-4,7-12,16,19H,5-6H2,1-2H3. The number of ether oxygens (including phenoxy) is 1. The number of aliphatic hydroxyl groups is 1. The maximum absolute atomic E-state index is 10.2. The Morgan fingerprint density at radius 1 is 1.20 bits per heavy atom. The van der Waals surface area contributed by atoms with Gasteiger partial charge in [0.1, 0.15) is 5.75 Å². The van der Waals surface area contributed by atoms with E-state index < -0.39 is 6.10 Å². The predicted octanol–water partition coefficient (Wildman–Crippen LogP) is 2.93. The molecule has 1 unspecified atom stereocenters. The van der Waals surface area contributed by atoms with Crippen LogP contribution in [0.5, 0.6) is 5.75 Å². The van der Waals surface area contributed by atoms with E-state index in [1.807, 2.05) is 38.2 Å². The number of pyridine rings is 2. The van der Waals surface area contributed by atoms with Crippen molar-refractivity contribution in [3.05, 3.63) is 54.1 Å². The van der Waals surface area contributed by atoms with Gasteiger partial charge in [-0.15, -0.1) is 0 Å². The molecule has 0 aliphatic rings. The van der Waals surface area contributed by atoms with Crippen LogP contribution in [0, 0.1) is 0 Å². The third-order valence-electron chi connectivity index (χ3n) is 2.92. The zero-order valence-electron chi connectivity index (χ0n) is 11.9. The average molecular weight is 272 g/mol. The lowest BCUT2D eigenvalue weighted by molar-refractivity contribution is 0.166. The molecule has 0 aliphatic carbocycles. The van der Waals surface area contributed by atoms with Crippen LogP contribution in [0.1, 0.15) is 37.5 Å². The molecule has 0 spiro atoms. The zero-order valence-corrected chi connectivity index (χ0v) is 11.9. The van der Waals surface area contributed by atoms with Crippen LogP contribution < -0.4 is 4.74 Å². The van der Waals surface area contributed by atoms with Gasteiger partial charge in [-0.05, 0) is 44.4 Å². The van der Waals surface area contributed by atoms with E-state index in [1.165, 1.54) is 0 Å². The Bertz CT molecular complexity index is 529. The van der Waals surface area contributed by atoms with Crippen molar-refractivity contribution in [1.82, 2.24) is 9.97 Å². The molecule has 0 aromatic carbocycles. The fourth-order valence-electron chi connectivity index (χ4n) is 1.97. The van der Waals surface area contributed by atoms with Crippen molar-refractivity contribution in [2.24, 2.45) is 0 Å². The zero-order chi connectivity index (χ0) is 14.4. The van der Waals surface area contributed by atoms with E-state index >= 15 is 0 Å². The third-order valence-corrected chi connectivity index (χ3v) is 2.92. The lowest BCUT2D eigenvalue weighted by Gasteiger charge is -2.13. The van der Waals surface area contributed by atoms with Gasteiger partial charge in [-0.2, -0.15) is 0 Å². The van der Waals surface area contributed by atoms with Gasteiger partial charge in [0.15, 0.2) is 0 Å². The first-order chi connectivity index (χ1) is 9.65. The van der Waals surface area contributed by atoms with Gasteiger partial charge in [0, 0.05) is 24.2 Å². The predicted molar refractivity (Wildman–Crippen MR) is 77.5 cm³/mol. The largest absolute Gasteiger partial charge is 0.489 e. The molecule has 0 fully saturated rings. The molecule has 2 aromatic rings. The van der Waals surface area contributed by atoms with Gasteiger partial charge >= 0.3 is 0 Å². The van der Waals surface area contributed by atoms with Crippen LogP contribution in [0.3, 0.4) is 0 Å². The number of aliphatic hydroxyl groups excluding tert-OH is 1. The number of aryl methyl sites for hydroxylation is 1. The van der Waals surface area contributed by atoms with Crippen molar-refractivity contribution < 1.29 is 9.84 Å². The normalized spacial score (nSPS) is 12.4. The highest BCUT2D eigenvalue weighted by Crippen LogP contribution is 2.22. The first kappa shape index (κ1) is 14.5. The average Bonchev–Trinajstić information content (AvgIpc) is 2.45. The summed E-state index contributed by atoms with van der Waals surface area (Å²) in [6.07, 6.45) is 7.89. The van der Waals surface area contributed by atoms with E-state index in [-0.39, 0.29) is 6.10 Å². The molecule has 4 heteroatoms. The summed E-state index contributed by atoms with van der Waals surface area (Å²) in [6.45, 7) is 3.93. The fraction of sp³-hybridized carbons (Fsp3) is 0.375. The van der Waals surface area contributed by atoms with Crippen LogP contribution >= 0.6 is 0 Å². The van der Waals surface area contributed by atoms with Crippen LogP contribution in [0.25, 0.3) is 0 Å². The van der Waals surface area contributed by atoms with Crippen molar-refractivity contribution in [2.45, 2.75) is 38.9 Å². The van der Waals surface area contributed by atoms with Gasteiger partial charge in [-0.25, -0.2) is 0 Å². The molecule has 2 rings (SSSR count). The van der Waals surface area contributed by atoms with Crippen LogP contribution in [0.2, 0.25) is 0 Å². The summed E-state index contributed by atoms with van der Waals surface area (Å²) < 4.78 is 5.58. The second-order valence-electron chi connectivity index (χ2n) is 5.04. The van der Waals surface area contributed by atoms with Crippen molar-refractivity contribution in [3.8, 4) is 5.75 Å². The first-order valence-corrected chi connectivity index (χ1v) is 6.83. The summed E-state index contributed by atoms with van der Waals surface area (Å²) in [6, 6.07) is 5.76. The van der Waals surface area contributed by atoms with E-state index in [0.717, 1.165) is 17.5 Å². The Kier molecular flexibility index (Phi) is 5.07. The lowest BCUT2D eigenvalue weighted by Crippen LogP contribution is -2.07. The molecule has 2 heterocycles. The number of hydrogen-bond acceptors (Lipinski definition) is 4. The van der Waals surface area contributed by atoms with Gasteiger partial charge in [-0.1, -0.05) is 6.07 Å². The SMILES string of the molecule is CC(C)Oc1cncc(C(O)CCc2cccnc2)c1. The summed E-state index contributed by atoms with van der Waals surface area (Å²) in [7, 11) is 0. The molecule has 0 radical (unpaired) electrons. The first-order valence-electron chi connectivity index (χ1n) is 6.83. The minimum Gasteiger partial charge on any atom is -0.489 e. The Morgan fingerprint density at radius 3 is 2.75 bits per heavy atom. The highest BCUT2D eigenvalue weighted by Gasteiger charge is 2.10. The van der Waals surface area contributed by atoms with Crippen LogP contribution in [-0.2, 0) is 6.42 Å². The number of hydrogen-bond donors (Lipinski definition) is 1. The molecule has 0 bridgehead atoms. The Morgan fingerprint density at radius 2 is 2.05 bits per heavy atom. The van der Waals surface area contributed by atoms with E-state index in [1.54, 1.807) is 18.6 Å². The Balaban J connectivity index is 1.96. The van der Waals surface area contributed by atoms with Crippen LogP contribution in [0.4, 0.5) is 0 Å².